The summed E-state index contributed by atoms with van der Waals surface area (Å²) in [4.78, 5) is 16.6. The third-order valence-corrected chi connectivity index (χ3v) is 7.11. The molecule has 0 aliphatic heterocycles. The van der Waals surface area contributed by atoms with E-state index in [2.05, 4.69) is 10.3 Å². The van der Waals surface area contributed by atoms with Crippen LogP contribution in [0.3, 0.4) is 0 Å². The monoisotopic (exact) mass is 468 g/mol. The molecule has 1 aromatic heterocycles. The van der Waals surface area contributed by atoms with Crippen molar-refractivity contribution in [3.05, 3.63) is 93.2 Å². The van der Waals surface area contributed by atoms with E-state index in [1.165, 1.54) is 48.7 Å². The first-order valence-corrected chi connectivity index (χ1v) is 11.1. The number of hydrogen-bond donors (Lipinski definition) is 1. The fraction of sp³-hybridized carbons (Fsp3) is 0.100. The van der Waals surface area contributed by atoms with Gasteiger partial charge in [-0.05, 0) is 54.1 Å². The van der Waals surface area contributed by atoms with Gasteiger partial charge in [-0.2, -0.15) is 0 Å². The first-order valence-electron chi connectivity index (χ1n) is 8.41. The summed E-state index contributed by atoms with van der Waals surface area (Å²) in [6.45, 7) is -0.172. The molecule has 0 saturated carbocycles. The number of benzene rings is 2. The summed E-state index contributed by atoms with van der Waals surface area (Å²) in [5, 5.41) is 2.59. The SMILES string of the molecule is O=C(NCC(c1cccnc1)S(=O)(=O)c1ccc(Cl)cc1)c1ccc(Cl)cc1Cl. The van der Waals surface area contributed by atoms with Gasteiger partial charge in [-0.1, -0.05) is 40.9 Å². The Hall–Kier alpha value is -2.12. The Labute approximate surface area is 183 Å². The second kappa shape index (κ2) is 9.13. The third-order valence-electron chi connectivity index (χ3n) is 4.20. The van der Waals surface area contributed by atoms with E-state index in [1.54, 1.807) is 18.3 Å². The van der Waals surface area contributed by atoms with Crippen molar-refractivity contribution in [2.45, 2.75) is 10.1 Å². The normalized spacial score (nSPS) is 12.4. The van der Waals surface area contributed by atoms with Crippen LogP contribution in [0.25, 0.3) is 0 Å². The smallest absolute Gasteiger partial charge is 0.252 e. The Morgan fingerprint density at radius 1 is 1.00 bits per heavy atom. The average Bonchev–Trinajstić information content (AvgIpc) is 2.69. The molecule has 0 fully saturated rings. The number of pyridine rings is 1. The third kappa shape index (κ3) is 5.08. The molecule has 1 unspecified atom stereocenters. The van der Waals surface area contributed by atoms with Crippen LogP contribution in [0.4, 0.5) is 0 Å². The van der Waals surface area contributed by atoms with Gasteiger partial charge in [0.25, 0.3) is 5.91 Å². The molecule has 1 N–H and O–H groups in total. The number of halogens is 3. The van der Waals surface area contributed by atoms with E-state index < -0.39 is 21.0 Å². The van der Waals surface area contributed by atoms with Crippen LogP contribution >= 0.6 is 34.8 Å². The van der Waals surface area contributed by atoms with Gasteiger partial charge < -0.3 is 5.32 Å². The second-order valence-corrected chi connectivity index (χ2v) is 9.52. The van der Waals surface area contributed by atoms with Crippen LogP contribution in [0.2, 0.25) is 15.1 Å². The van der Waals surface area contributed by atoms with Crippen LogP contribution in [-0.4, -0.2) is 25.9 Å². The number of carbonyl (C=O) groups is 1. The molecule has 1 atom stereocenters. The summed E-state index contributed by atoms with van der Waals surface area (Å²) >= 11 is 17.8. The number of nitrogens with zero attached hydrogens (tertiary/aromatic N) is 1. The van der Waals surface area contributed by atoms with Crippen LogP contribution in [0.5, 0.6) is 0 Å². The number of carbonyl (C=O) groups excluding carboxylic acids is 1. The average molecular weight is 470 g/mol. The Kier molecular flexibility index (Phi) is 6.80. The molecule has 5 nitrogen and oxygen atoms in total. The van der Waals surface area contributed by atoms with Crippen molar-refractivity contribution in [2.75, 3.05) is 6.54 Å². The van der Waals surface area contributed by atoms with Crippen molar-refractivity contribution < 1.29 is 13.2 Å². The summed E-state index contributed by atoms with van der Waals surface area (Å²) in [6.07, 6.45) is 3.00. The van der Waals surface area contributed by atoms with E-state index in [0.29, 0.717) is 15.6 Å². The molecule has 9 heteroatoms. The van der Waals surface area contributed by atoms with Crippen LogP contribution in [-0.2, 0) is 9.84 Å². The minimum Gasteiger partial charge on any atom is -0.350 e. The fourth-order valence-electron chi connectivity index (χ4n) is 2.72. The van der Waals surface area contributed by atoms with Crippen molar-refractivity contribution in [2.24, 2.45) is 0 Å². The highest BCUT2D eigenvalue weighted by Gasteiger charge is 2.30. The van der Waals surface area contributed by atoms with Crippen molar-refractivity contribution >= 4 is 50.5 Å². The zero-order valence-electron chi connectivity index (χ0n) is 14.8. The number of amides is 1. The van der Waals surface area contributed by atoms with E-state index in [4.69, 9.17) is 34.8 Å². The lowest BCUT2D eigenvalue weighted by Gasteiger charge is -2.19. The number of hydrogen-bond acceptors (Lipinski definition) is 4. The quantitative estimate of drug-likeness (QED) is 0.552. The van der Waals surface area contributed by atoms with E-state index in [9.17, 15) is 13.2 Å². The lowest BCUT2D eigenvalue weighted by Crippen LogP contribution is -2.32. The van der Waals surface area contributed by atoms with Gasteiger partial charge in [0, 0.05) is 29.0 Å². The maximum Gasteiger partial charge on any atom is 0.252 e. The van der Waals surface area contributed by atoms with E-state index in [-0.39, 0.29) is 22.0 Å². The largest absolute Gasteiger partial charge is 0.350 e. The molecule has 0 radical (unpaired) electrons. The molecule has 3 rings (SSSR count). The van der Waals surface area contributed by atoms with E-state index >= 15 is 0 Å². The van der Waals surface area contributed by atoms with Crippen LogP contribution in [0.15, 0.2) is 71.9 Å². The zero-order chi connectivity index (χ0) is 21.0. The van der Waals surface area contributed by atoms with Crippen LogP contribution < -0.4 is 5.32 Å². The Morgan fingerprint density at radius 2 is 1.69 bits per heavy atom. The van der Waals surface area contributed by atoms with Crippen molar-refractivity contribution in [1.82, 2.24) is 10.3 Å². The van der Waals surface area contributed by atoms with Gasteiger partial charge in [0.15, 0.2) is 9.84 Å². The first-order chi connectivity index (χ1) is 13.8. The molecule has 1 amide bonds. The zero-order valence-corrected chi connectivity index (χ0v) is 17.9. The Morgan fingerprint density at radius 3 is 2.31 bits per heavy atom. The standard InChI is InChI=1S/C20H15Cl3N2O3S/c21-14-3-6-16(7-4-14)29(27,28)19(13-2-1-9-24-11-13)12-25-20(26)17-8-5-15(22)10-18(17)23/h1-11,19H,12H2,(H,25,26). The van der Waals surface area contributed by atoms with Gasteiger partial charge in [-0.25, -0.2) is 8.42 Å². The van der Waals surface area contributed by atoms with Gasteiger partial charge in [0.05, 0.1) is 15.5 Å². The summed E-state index contributed by atoms with van der Waals surface area (Å²) in [5.74, 6) is -0.508. The maximum absolute atomic E-state index is 13.2. The topological polar surface area (TPSA) is 76.1 Å². The van der Waals surface area contributed by atoms with Crippen molar-refractivity contribution in [1.29, 1.82) is 0 Å². The molecule has 29 heavy (non-hydrogen) atoms. The minimum atomic E-state index is -3.83. The maximum atomic E-state index is 13.2. The highest BCUT2D eigenvalue weighted by Crippen LogP contribution is 2.29. The number of sulfone groups is 1. The van der Waals surface area contributed by atoms with Gasteiger partial charge in [-0.3, -0.25) is 9.78 Å². The lowest BCUT2D eigenvalue weighted by atomic mass is 10.2. The molecule has 0 bridgehead atoms. The molecule has 3 aromatic rings. The molecule has 0 aliphatic rings. The highest BCUT2D eigenvalue weighted by molar-refractivity contribution is 7.91. The minimum absolute atomic E-state index is 0.0922. The predicted molar refractivity (Wildman–Crippen MR) is 114 cm³/mol. The summed E-state index contributed by atoms with van der Waals surface area (Å²) in [7, 11) is -3.83. The number of rotatable bonds is 6. The van der Waals surface area contributed by atoms with E-state index in [0.717, 1.165) is 0 Å². The van der Waals surface area contributed by atoms with E-state index in [1.807, 2.05) is 0 Å². The van der Waals surface area contributed by atoms with Crippen molar-refractivity contribution in [3.63, 3.8) is 0 Å². The van der Waals surface area contributed by atoms with Gasteiger partial charge in [0.1, 0.15) is 5.25 Å². The number of nitrogens with one attached hydrogen (secondary N) is 1. The molecule has 2 aromatic carbocycles. The molecule has 1 heterocycles. The van der Waals surface area contributed by atoms with Crippen LogP contribution in [0, 0.1) is 0 Å². The molecule has 0 aliphatic carbocycles. The number of aromatic nitrogens is 1. The molecular formula is C20H15Cl3N2O3S. The Balaban J connectivity index is 1.90. The highest BCUT2D eigenvalue weighted by atomic mass is 35.5. The molecule has 0 saturated heterocycles. The van der Waals surface area contributed by atoms with Gasteiger partial charge in [-0.15, -0.1) is 0 Å². The van der Waals surface area contributed by atoms with Gasteiger partial charge >= 0.3 is 0 Å². The summed E-state index contributed by atoms with van der Waals surface area (Å²) in [6, 6.07) is 13.6. The summed E-state index contributed by atoms with van der Waals surface area (Å²) < 4.78 is 26.5. The molecule has 150 valence electrons. The van der Waals surface area contributed by atoms with Crippen molar-refractivity contribution in [3.8, 4) is 0 Å². The lowest BCUT2D eigenvalue weighted by molar-refractivity contribution is 0.0954. The first kappa shape index (κ1) is 21.6. The Bertz CT molecular complexity index is 1120. The molecule has 0 spiro atoms. The van der Waals surface area contributed by atoms with Gasteiger partial charge in [0.2, 0.25) is 0 Å². The fourth-order valence-corrected chi connectivity index (χ4v) is 4.98. The predicted octanol–water partition coefficient (Wildman–Crippen LogP) is 4.99. The second-order valence-electron chi connectivity index (χ2n) is 6.11. The summed E-state index contributed by atoms with van der Waals surface area (Å²) in [5.41, 5.74) is 0.648. The van der Waals surface area contributed by atoms with Crippen LogP contribution in [0.1, 0.15) is 21.2 Å². The molecular weight excluding hydrogens is 455 g/mol.